The van der Waals surface area contributed by atoms with Crippen LogP contribution in [0, 0.1) is 0 Å². The molecule has 0 amide bonds. The number of rotatable bonds is 2. The lowest BCUT2D eigenvalue weighted by Gasteiger charge is -1.87. The topological polar surface area (TPSA) is 37.3 Å². The molecule has 2 nitrogen and oxygen atoms in total. The van der Waals surface area contributed by atoms with Gasteiger partial charge in [0.2, 0.25) is 6.17 Å². The van der Waals surface area contributed by atoms with Crippen molar-refractivity contribution < 1.29 is 14.3 Å². The molecule has 0 aliphatic rings. The van der Waals surface area contributed by atoms with E-state index >= 15 is 0 Å². The van der Waals surface area contributed by atoms with Crippen LogP contribution in [0.2, 0.25) is 0 Å². The molecule has 0 aliphatic heterocycles. The molecule has 1 N–H and O–H groups in total. The number of aliphatic carboxylic acids is 1. The van der Waals surface area contributed by atoms with Crippen molar-refractivity contribution in [1.82, 2.24) is 0 Å². The number of hydrogen-bond acceptors (Lipinski definition) is 1. The quantitative estimate of drug-likeness (QED) is 0.521. The van der Waals surface area contributed by atoms with E-state index in [4.69, 9.17) is 5.11 Å². The predicted octanol–water partition coefficient (Wildman–Crippen LogP) is 0.595. The second-order valence-electron chi connectivity index (χ2n) is 0.976. The van der Waals surface area contributed by atoms with Crippen LogP contribution in [0.15, 0.2) is 12.7 Å². The zero-order chi connectivity index (χ0) is 5.86. The third-order valence-electron chi connectivity index (χ3n) is 0.443. The summed E-state index contributed by atoms with van der Waals surface area (Å²) in [6.45, 7) is 2.93. The van der Waals surface area contributed by atoms with Crippen molar-refractivity contribution >= 4 is 5.97 Å². The Morgan fingerprint density at radius 2 is 2.43 bits per heavy atom. The van der Waals surface area contributed by atoms with Gasteiger partial charge >= 0.3 is 5.97 Å². The summed E-state index contributed by atoms with van der Waals surface area (Å²) in [7, 11) is 0. The average molecular weight is 104 g/mol. The molecule has 0 fully saturated rings. The third-order valence-corrected chi connectivity index (χ3v) is 0.443. The van der Waals surface area contributed by atoms with E-state index in [1.165, 1.54) is 0 Å². The van der Waals surface area contributed by atoms with Crippen LogP contribution in [0.4, 0.5) is 4.39 Å². The normalized spacial score (nSPS) is 12.7. The summed E-state index contributed by atoms with van der Waals surface area (Å²) in [6, 6.07) is 0. The Balaban J connectivity index is 3.55. The minimum atomic E-state index is -1.92. The molecule has 0 aromatic rings. The van der Waals surface area contributed by atoms with E-state index in [-0.39, 0.29) is 0 Å². The van der Waals surface area contributed by atoms with E-state index in [0.29, 0.717) is 0 Å². The Morgan fingerprint density at radius 3 is 2.43 bits per heavy atom. The van der Waals surface area contributed by atoms with Crippen molar-refractivity contribution in [3.63, 3.8) is 0 Å². The molecule has 0 saturated carbocycles. The van der Waals surface area contributed by atoms with Crippen molar-refractivity contribution in [3.05, 3.63) is 12.7 Å². The van der Waals surface area contributed by atoms with Crippen molar-refractivity contribution in [2.75, 3.05) is 0 Å². The van der Waals surface area contributed by atoms with E-state index < -0.39 is 12.1 Å². The molecule has 1 atom stereocenters. The SMILES string of the molecule is C=CC(F)C(=O)O. The van der Waals surface area contributed by atoms with Gasteiger partial charge in [0.1, 0.15) is 0 Å². The summed E-state index contributed by atoms with van der Waals surface area (Å²) in [4.78, 5) is 9.48. The monoisotopic (exact) mass is 104 g/mol. The van der Waals surface area contributed by atoms with Gasteiger partial charge in [0.15, 0.2) is 0 Å². The van der Waals surface area contributed by atoms with Crippen molar-refractivity contribution in [1.29, 1.82) is 0 Å². The largest absolute Gasteiger partial charge is 0.479 e. The summed E-state index contributed by atoms with van der Waals surface area (Å²) in [5.41, 5.74) is 0. The number of hydrogen-bond donors (Lipinski definition) is 1. The second kappa shape index (κ2) is 2.34. The van der Waals surface area contributed by atoms with E-state index in [1.807, 2.05) is 0 Å². The zero-order valence-electron chi connectivity index (χ0n) is 3.60. The Hall–Kier alpha value is -0.860. The lowest BCUT2D eigenvalue weighted by molar-refractivity contribution is -0.140. The summed E-state index contributed by atoms with van der Waals surface area (Å²) in [6.07, 6.45) is -1.19. The molecule has 0 spiro atoms. The molecule has 0 aromatic heterocycles. The summed E-state index contributed by atoms with van der Waals surface area (Å²) >= 11 is 0. The average Bonchev–Trinajstić information content (AvgIpc) is 1.65. The Morgan fingerprint density at radius 1 is 2.00 bits per heavy atom. The zero-order valence-corrected chi connectivity index (χ0v) is 3.60. The first-order chi connectivity index (χ1) is 3.18. The van der Waals surface area contributed by atoms with Crippen LogP contribution in [0.3, 0.4) is 0 Å². The van der Waals surface area contributed by atoms with Crippen LogP contribution < -0.4 is 0 Å². The first-order valence-electron chi connectivity index (χ1n) is 1.68. The molecule has 0 heterocycles. The van der Waals surface area contributed by atoms with Gasteiger partial charge in [-0.25, -0.2) is 9.18 Å². The van der Waals surface area contributed by atoms with Crippen LogP contribution in [0.25, 0.3) is 0 Å². The van der Waals surface area contributed by atoms with E-state index in [2.05, 4.69) is 6.58 Å². The van der Waals surface area contributed by atoms with Crippen LogP contribution in [-0.4, -0.2) is 17.2 Å². The van der Waals surface area contributed by atoms with Gasteiger partial charge in [-0.15, -0.1) is 0 Å². The molecule has 0 bridgehead atoms. The standard InChI is InChI=1S/C4H5FO2/c1-2-3(5)4(6)7/h2-3H,1H2,(H,6,7). The predicted molar refractivity (Wildman–Crippen MR) is 22.7 cm³/mol. The van der Waals surface area contributed by atoms with Gasteiger partial charge in [-0.2, -0.15) is 0 Å². The number of halogens is 1. The smallest absolute Gasteiger partial charge is 0.342 e. The first-order valence-corrected chi connectivity index (χ1v) is 1.68. The van der Waals surface area contributed by atoms with E-state index in [0.717, 1.165) is 6.08 Å². The highest BCUT2D eigenvalue weighted by Gasteiger charge is 2.07. The van der Waals surface area contributed by atoms with Gasteiger partial charge in [0.05, 0.1) is 0 Å². The van der Waals surface area contributed by atoms with Gasteiger partial charge in [-0.1, -0.05) is 6.58 Å². The second-order valence-corrected chi connectivity index (χ2v) is 0.976. The maximum atomic E-state index is 11.5. The molecule has 3 heteroatoms. The minimum Gasteiger partial charge on any atom is -0.479 e. The van der Waals surface area contributed by atoms with E-state index in [1.54, 1.807) is 0 Å². The number of alkyl halides is 1. The maximum Gasteiger partial charge on any atom is 0.342 e. The first kappa shape index (κ1) is 6.14. The van der Waals surface area contributed by atoms with Gasteiger partial charge in [0, 0.05) is 0 Å². The van der Waals surface area contributed by atoms with E-state index in [9.17, 15) is 9.18 Å². The fourth-order valence-corrected chi connectivity index (χ4v) is 0.101. The summed E-state index contributed by atoms with van der Waals surface area (Å²) < 4.78 is 11.5. The number of carbonyl (C=O) groups is 1. The third kappa shape index (κ3) is 1.92. The molecule has 1 unspecified atom stereocenters. The Bertz CT molecular complexity index is 89.7. The fraction of sp³-hybridized carbons (Fsp3) is 0.250. The Kier molecular flexibility index (Phi) is 2.05. The molecular weight excluding hydrogens is 99.0 g/mol. The fourth-order valence-electron chi connectivity index (χ4n) is 0.101. The highest BCUT2D eigenvalue weighted by Crippen LogP contribution is 1.88. The molecule has 0 aliphatic carbocycles. The van der Waals surface area contributed by atoms with Gasteiger partial charge in [-0.05, 0) is 6.08 Å². The molecule has 0 radical (unpaired) electrons. The van der Waals surface area contributed by atoms with Crippen LogP contribution in [0.1, 0.15) is 0 Å². The number of carboxylic acids is 1. The molecule has 0 saturated heterocycles. The number of carboxylic acid groups (broad SMARTS) is 1. The lowest BCUT2D eigenvalue weighted by Crippen LogP contribution is -2.09. The summed E-state index contributed by atoms with van der Waals surface area (Å²) in [5, 5.41) is 7.74. The van der Waals surface area contributed by atoms with Crippen LogP contribution >= 0.6 is 0 Å². The van der Waals surface area contributed by atoms with Gasteiger partial charge in [0.25, 0.3) is 0 Å². The van der Waals surface area contributed by atoms with Gasteiger partial charge < -0.3 is 5.11 Å². The molecule has 7 heavy (non-hydrogen) atoms. The summed E-state index contributed by atoms with van der Waals surface area (Å²) in [5.74, 6) is -1.49. The highest BCUT2D eigenvalue weighted by molar-refractivity contribution is 5.74. The van der Waals surface area contributed by atoms with Crippen LogP contribution in [0.5, 0.6) is 0 Å². The van der Waals surface area contributed by atoms with Crippen molar-refractivity contribution in [2.45, 2.75) is 6.17 Å². The molecule has 0 rings (SSSR count). The highest BCUT2D eigenvalue weighted by atomic mass is 19.1. The van der Waals surface area contributed by atoms with Crippen molar-refractivity contribution in [3.8, 4) is 0 Å². The molecule has 40 valence electrons. The van der Waals surface area contributed by atoms with Crippen LogP contribution in [-0.2, 0) is 4.79 Å². The molecular formula is C4H5FO2. The lowest BCUT2D eigenvalue weighted by atomic mass is 10.4. The maximum absolute atomic E-state index is 11.5. The Labute approximate surface area is 40.3 Å². The van der Waals surface area contributed by atoms with Crippen molar-refractivity contribution in [2.24, 2.45) is 0 Å². The van der Waals surface area contributed by atoms with Gasteiger partial charge in [-0.3, -0.25) is 0 Å². The molecule has 0 aromatic carbocycles. The minimum absolute atomic E-state index is 0.725.